The molecule has 1 saturated heterocycles. The molecule has 0 N–H and O–H groups in total. The highest BCUT2D eigenvalue weighted by Crippen LogP contribution is 2.44. The van der Waals surface area contributed by atoms with Gasteiger partial charge >= 0.3 is 0 Å². The lowest BCUT2D eigenvalue weighted by Gasteiger charge is -2.42. The number of hydrogen-bond acceptors (Lipinski definition) is 4. The highest BCUT2D eigenvalue weighted by Gasteiger charge is 2.38. The summed E-state index contributed by atoms with van der Waals surface area (Å²) < 4.78 is 0. The zero-order valence-electron chi connectivity index (χ0n) is 13.9. The number of hydrogen-bond donors (Lipinski definition) is 0. The van der Waals surface area contributed by atoms with E-state index >= 15 is 0 Å². The van der Waals surface area contributed by atoms with Crippen molar-refractivity contribution < 1.29 is 4.79 Å². The number of fused-ring (bicyclic) bond motifs is 1. The van der Waals surface area contributed by atoms with E-state index in [1.807, 2.05) is 48.5 Å². The summed E-state index contributed by atoms with van der Waals surface area (Å²) in [4.78, 5) is 16.7. The van der Waals surface area contributed by atoms with Crippen LogP contribution in [0.5, 0.6) is 0 Å². The van der Waals surface area contributed by atoms with E-state index in [1.165, 1.54) is 11.8 Å². The van der Waals surface area contributed by atoms with Crippen LogP contribution in [0.3, 0.4) is 0 Å². The van der Waals surface area contributed by atoms with E-state index in [9.17, 15) is 10.1 Å². The number of halogens is 1. The van der Waals surface area contributed by atoms with Crippen LogP contribution in [-0.4, -0.2) is 23.4 Å². The number of rotatable bonds is 2. The molecule has 1 fully saturated rings. The van der Waals surface area contributed by atoms with Crippen molar-refractivity contribution in [1.29, 1.82) is 5.26 Å². The molecule has 2 aliphatic heterocycles. The quantitative estimate of drug-likeness (QED) is 0.765. The van der Waals surface area contributed by atoms with Gasteiger partial charge in [0.25, 0.3) is 0 Å². The Morgan fingerprint density at radius 3 is 2.58 bits per heavy atom. The molecule has 6 heteroatoms. The first kappa shape index (κ1) is 17.0. The molecular formula is C20H16ClN3OS. The van der Waals surface area contributed by atoms with Crippen molar-refractivity contribution in [2.45, 2.75) is 12.3 Å². The third-order valence-corrected chi connectivity index (χ3v) is 6.19. The second-order valence-electron chi connectivity index (χ2n) is 6.22. The zero-order valence-corrected chi connectivity index (χ0v) is 15.5. The molecule has 0 aromatic heterocycles. The molecule has 2 aromatic rings. The van der Waals surface area contributed by atoms with Gasteiger partial charge in [0.05, 0.1) is 29.2 Å². The maximum Gasteiger partial charge on any atom is 0.229 e. The molecule has 0 bridgehead atoms. The molecule has 2 heterocycles. The molecule has 26 heavy (non-hydrogen) atoms. The molecule has 0 spiro atoms. The Kier molecular flexibility index (Phi) is 4.62. The molecule has 1 amide bonds. The van der Waals surface area contributed by atoms with Crippen molar-refractivity contribution in [3.63, 3.8) is 0 Å². The van der Waals surface area contributed by atoms with Crippen LogP contribution in [0.25, 0.3) is 0 Å². The van der Waals surface area contributed by atoms with Gasteiger partial charge in [-0.3, -0.25) is 9.69 Å². The molecule has 130 valence electrons. The normalized spacial score (nSPS) is 20.0. The molecular weight excluding hydrogens is 366 g/mol. The van der Waals surface area contributed by atoms with Crippen molar-refractivity contribution in [3.05, 3.63) is 75.8 Å². The molecule has 0 unspecified atom stereocenters. The number of carbonyl (C=O) groups is 1. The number of nitriles is 1. The lowest BCUT2D eigenvalue weighted by Crippen LogP contribution is -2.47. The van der Waals surface area contributed by atoms with Gasteiger partial charge in [0, 0.05) is 23.0 Å². The number of benzene rings is 2. The molecule has 0 saturated carbocycles. The van der Waals surface area contributed by atoms with Gasteiger partial charge in [-0.25, -0.2) is 0 Å². The van der Waals surface area contributed by atoms with E-state index in [0.717, 1.165) is 16.3 Å². The number of allylic oxidation sites excluding steroid dienone is 1. The third kappa shape index (κ3) is 2.96. The maximum atomic E-state index is 12.9. The first-order chi connectivity index (χ1) is 12.7. The summed E-state index contributed by atoms with van der Waals surface area (Å²) in [6.07, 6.45) is 0.263. The second-order valence-corrected chi connectivity index (χ2v) is 7.56. The minimum absolute atomic E-state index is 0.0250. The highest BCUT2D eigenvalue weighted by molar-refractivity contribution is 8.03. The van der Waals surface area contributed by atoms with Crippen LogP contribution in [0.4, 0.5) is 5.69 Å². The standard InChI is InChI=1S/C20H16ClN3OS/c21-18-9-5-4-8-15(18)16-10-19(25)24-12-23(14-6-2-1-3-7-14)13-26-20(24)17(16)11-22/h1-9,16H,10,12-13H2/t16-/m0/s1. The lowest BCUT2D eigenvalue weighted by molar-refractivity contribution is -0.129. The predicted octanol–water partition coefficient (Wildman–Crippen LogP) is 4.56. The molecule has 2 aliphatic rings. The van der Waals surface area contributed by atoms with Crippen LogP contribution in [0.2, 0.25) is 5.02 Å². The van der Waals surface area contributed by atoms with E-state index in [4.69, 9.17) is 11.6 Å². The van der Waals surface area contributed by atoms with Crippen LogP contribution in [0.15, 0.2) is 65.2 Å². The van der Waals surface area contributed by atoms with Gasteiger partial charge in [-0.1, -0.05) is 59.8 Å². The Morgan fingerprint density at radius 2 is 1.85 bits per heavy atom. The van der Waals surface area contributed by atoms with Crippen molar-refractivity contribution in [2.24, 2.45) is 0 Å². The van der Waals surface area contributed by atoms with Crippen LogP contribution < -0.4 is 4.90 Å². The summed E-state index contributed by atoms with van der Waals surface area (Å²) in [7, 11) is 0. The van der Waals surface area contributed by atoms with Crippen LogP contribution in [-0.2, 0) is 4.79 Å². The topological polar surface area (TPSA) is 47.3 Å². The largest absolute Gasteiger partial charge is 0.344 e. The van der Waals surface area contributed by atoms with E-state index in [1.54, 1.807) is 11.0 Å². The Labute approximate surface area is 161 Å². The smallest absolute Gasteiger partial charge is 0.229 e. The fourth-order valence-corrected chi connectivity index (χ4v) is 4.82. The first-order valence-electron chi connectivity index (χ1n) is 8.31. The second kappa shape index (κ2) is 7.06. The third-order valence-electron chi connectivity index (χ3n) is 4.70. The minimum atomic E-state index is -0.275. The summed E-state index contributed by atoms with van der Waals surface area (Å²) in [6.45, 7) is 0.464. The number of amides is 1. The van der Waals surface area contributed by atoms with Gasteiger partial charge in [-0.05, 0) is 23.8 Å². The van der Waals surface area contributed by atoms with Crippen LogP contribution in [0.1, 0.15) is 17.9 Å². The van der Waals surface area contributed by atoms with Crippen molar-refractivity contribution in [1.82, 2.24) is 4.90 Å². The van der Waals surface area contributed by atoms with E-state index in [0.29, 0.717) is 23.1 Å². The molecule has 0 aliphatic carbocycles. The average Bonchev–Trinajstić information content (AvgIpc) is 2.69. The molecule has 4 rings (SSSR count). The van der Waals surface area contributed by atoms with Crippen molar-refractivity contribution in [2.75, 3.05) is 17.4 Å². The minimum Gasteiger partial charge on any atom is -0.344 e. The van der Waals surface area contributed by atoms with Gasteiger partial charge < -0.3 is 4.90 Å². The van der Waals surface area contributed by atoms with Crippen molar-refractivity contribution in [3.8, 4) is 6.07 Å². The van der Waals surface area contributed by atoms with E-state index in [2.05, 4.69) is 11.0 Å². The predicted molar refractivity (Wildman–Crippen MR) is 105 cm³/mol. The van der Waals surface area contributed by atoms with Crippen molar-refractivity contribution >= 4 is 35.0 Å². The fourth-order valence-electron chi connectivity index (χ4n) is 3.39. The monoisotopic (exact) mass is 381 g/mol. The summed E-state index contributed by atoms with van der Waals surface area (Å²) in [5, 5.41) is 11.2. The van der Waals surface area contributed by atoms with Gasteiger partial charge in [0.2, 0.25) is 5.91 Å². The maximum absolute atomic E-state index is 12.9. The number of nitrogens with zero attached hydrogens (tertiary/aromatic N) is 3. The number of para-hydroxylation sites is 1. The summed E-state index contributed by atoms with van der Waals surface area (Å²) >= 11 is 7.87. The molecule has 4 nitrogen and oxygen atoms in total. The fraction of sp³-hybridized carbons (Fsp3) is 0.200. The Balaban J connectivity index is 1.70. The van der Waals surface area contributed by atoms with Gasteiger partial charge in [-0.2, -0.15) is 5.26 Å². The zero-order chi connectivity index (χ0) is 18.1. The summed E-state index contributed by atoms with van der Waals surface area (Å²) in [5.74, 6) is 0.448. The number of thioether (sulfide) groups is 1. The van der Waals surface area contributed by atoms with Gasteiger partial charge in [0.15, 0.2) is 0 Å². The number of anilines is 1. The highest BCUT2D eigenvalue weighted by atomic mass is 35.5. The van der Waals surface area contributed by atoms with Gasteiger partial charge in [0.1, 0.15) is 0 Å². The van der Waals surface area contributed by atoms with E-state index in [-0.39, 0.29) is 18.2 Å². The van der Waals surface area contributed by atoms with Gasteiger partial charge in [-0.15, -0.1) is 0 Å². The lowest BCUT2D eigenvalue weighted by atomic mass is 9.86. The SMILES string of the molecule is N#CC1=C2SCN(c3ccccc3)CN2C(=O)C[C@H]1c1ccccc1Cl. The van der Waals surface area contributed by atoms with Crippen LogP contribution in [0, 0.1) is 11.3 Å². The van der Waals surface area contributed by atoms with E-state index < -0.39 is 0 Å². The average molecular weight is 382 g/mol. The first-order valence-corrected chi connectivity index (χ1v) is 9.67. The molecule has 2 aromatic carbocycles. The molecule has 0 radical (unpaired) electrons. The number of carbonyl (C=O) groups excluding carboxylic acids is 1. The Morgan fingerprint density at radius 1 is 1.12 bits per heavy atom. The summed E-state index contributed by atoms with van der Waals surface area (Å²) in [6, 6.07) is 19.8. The summed E-state index contributed by atoms with van der Waals surface area (Å²) in [5.41, 5.74) is 2.55. The van der Waals surface area contributed by atoms with Crippen LogP contribution >= 0.6 is 23.4 Å². The molecule has 1 atom stereocenters. The Hall–Kier alpha value is -2.42. The Bertz CT molecular complexity index is 922.